The maximum absolute atomic E-state index is 13.4. The predicted molar refractivity (Wildman–Crippen MR) is 136 cm³/mol. The van der Waals surface area contributed by atoms with E-state index in [1.165, 1.54) is 12.1 Å². The minimum absolute atomic E-state index is 0.0161. The van der Waals surface area contributed by atoms with Gasteiger partial charge in [0, 0.05) is 55.9 Å². The number of hydrogen-bond acceptors (Lipinski definition) is 5. The molecule has 0 spiro atoms. The fourth-order valence-corrected chi connectivity index (χ4v) is 6.41. The molecular formula is C27H29FN4O3S. The zero-order chi connectivity index (χ0) is 25.3. The van der Waals surface area contributed by atoms with E-state index in [2.05, 4.69) is 14.6 Å². The lowest BCUT2D eigenvalue weighted by atomic mass is 10.0. The summed E-state index contributed by atoms with van der Waals surface area (Å²) in [6, 6.07) is 14.1. The molecule has 1 aliphatic carbocycles. The third-order valence-corrected chi connectivity index (χ3v) is 8.74. The van der Waals surface area contributed by atoms with Crippen molar-refractivity contribution in [3.8, 4) is 0 Å². The summed E-state index contributed by atoms with van der Waals surface area (Å²) in [5.41, 5.74) is 3.56. The summed E-state index contributed by atoms with van der Waals surface area (Å²) in [4.78, 5) is 21.6. The average Bonchev–Trinajstić information content (AvgIpc) is 3.30. The molecule has 2 aromatic carbocycles. The van der Waals surface area contributed by atoms with Crippen LogP contribution in [-0.2, 0) is 16.4 Å². The van der Waals surface area contributed by atoms with Crippen LogP contribution in [0, 0.1) is 5.82 Å². The van der Waals surface area contributed by atoms with E-state index in [4.69, 9.17) is 0 Å². The van der Waals surface area contributed by atoms with E-state index < -0.39 is 21.9 Å². The molecule has 1 amide bonds. The largest absolute Gasteiger partial charge is 0.371 e. The highest BCUT2D eigenvalue weighted by atomic mass is 32.2. The first kappa shape index (κ1) is 24.4. The number of amides is 1. The Hall–Kier alpha value is -3.30. The molecule has 0 bridgehead atoms. The summed E-state index contributed by atoms with van der Waals surface area (Å²) >= 11 is 0. The molecule has 7 nitrogen and oxygen atoms in total. The number of fused-ring (bicyclic) bond motifs is 1. The van der Waals surface area contributed by atoms with Crippen LogP contribution < -0.4 is 9.62 Å². The van der Waals surface area contributed by atoms with E-state index in [1.807, 2.05) is 42.3 Å². The molecule has 36 heavy (non-hydrogen) atoms. The van der Waals surface area contributed by atoms with E-state index in [0.717, 1.165) is 61.3 Å². The number of aromatic nitrogens is 1. The van der Waals surface area contributed by atoms with Crippen LogP contribution in [-0.4, -0.2) is 50.4 Å². The second-order valence-electron chi connectivity index (χ2n) is 9.42. The van der Waals surface area contributed by atoms with Crippen LogP contribution in [0.1, 0.15) is 46.8 Å². The first-order chi connectivity index (χ1) is 17.3. The number of rotatable bonds is 6. The van der Waals surface area contributed by atoms with Gasteiger partial charge in [-0.3, -0.25) is 9.78 Å². The number of carbonyl (C=O) groups excluding carboxylic acids is 1. The Morgan fingerprint density at radius 2 is 1.72 bits per heavy atom. The minimum atomic E-state index is -3.82. The molecule has 1 N–H and O–H groups in total. The Kier molecular flexibility index (Phi) is 6.77. The van der Waals surface area contributed by atoms with Crippen molar-refractivity contribution in [2.75, 3.05) is 25.0 Å². The van der Waals surface area contributed by atoms with Crippen molar-refractivity contribution in [1.82, 2.24) is 14.6 Å². The summed E-state index contributed by atoms with van der Waals surface area (Å²) in [6.45, 7) is 1.73. The summed E-state index contributed by atoms with van der Waals surface area (Å²) in [5.74, 6) is -0.553. The Bertz CT molecular complexity index is 1340. The molecule has 0 radical (unpaired) electrons. The maximum Gasteiger partial charge on any atom is 0.253 e. The third-order valence-electron chi connectivity index (χ3n) is 7.25. The van der Waals surface area contributed by atoms with Crippen LogP contribution in [0.5, 0.6) is 0 Å². The summed E-state index contributed by atoms with van der Waals surface area (Å²) in [7, 11) is -1.97. The Labute approximate surface area is 211 Å². The molecule has 2 aliphatic rings. The number of piperidine rings is 1. The standard InChI is InChI=1S/C27H29FN4O3S/c1-31(22-12-16-32(17-13-22)23-10-14-29-15-11-23)27(33)20-3-2-19-4-9-26(25(19)18-20)30-36(34,35)24-7-5-21(28)6-8-24/h2-3,5-8,10-11,14-15,18,22,26,30H,4,9,12-13,16-17H2,1H3/t26-/m1/s1. The number of nitrogens with zero attached hydrogens (tertiary/aromatic N) is 3. The maximum atomic E-state index is 13.4. The summed E-state index contributed by atoms with van der Waals surface area (Å²) in [6.07, 6.45) is 6.65. The fourth-order valence-electron chi connectivity index (χ4n) is 5.16. The number of benzene rings is 2. The lowest BCUT2D eigenvalue weighted by molar-refractivity contribution is 0.0709. The zero-order valence-corrected chi connectivity index (χ0v) is 20.9. The van der Waals surface area contributed by atoms with E-state index in [-0.39, 0.29) is 16.8 Å². The van der Waals surface area contributed by atoms with Gasteiger partial charge in [0.2, 0.25) is 10.0 Å². The molecule has 1 fully saturated rings. The summed E-state index contributed by atoms with van der Waals surface area (Å²) in [5, 5.41) is 0. The highest BCUT2D eigenvalue weighted by molar-refractivity contribution is 7.89. The van der Waals surface area contributed by atoms with Gasteiger partial charge < -0.3 is 9.80 Å². The number of hydrogen-bond donors (Lipinski definition) is 1. The number of halogens is 1. The van der Waals surface area contributed by atoms with Gasteiger partial charge in [-0.1, -0.05) is 6.07 Å². The van der Waals surface area contributed by atoms with Crippen LogP contribution in [0.2, 0.25) is 0 Å². The monoisotopic (exact) mass is 508 g/mol. The molecule has 188 valence electrons. The number of nitrogens with one attached hydrogen (secondary N) is 1. The number of anilines is 1. The van der Waals surface area contributed by atoms with Gasteiger partial charge in [0.05, 0.1) is 4.90 Å². The van der Waals surface area contributed by atoms with Gasteiger partial charge in [-0.2, -0.15) is 0 Å². The van der Waals surface area contributed by atoms with Gasteiger partial charge >= 0.3 is 0 Å². The first-order valence-corrected chi connectivity index (χ1v) is 13.6. The average molecular weight is 509 g/mol. The molecule has 0 unspecified atom stereocenters. The lowest BCUT2D eigenvalue weighted by Crippen LogP contribution is -2.45. The number of sulfonamides is 1. The molecule has 1 aliphatic heterocycles. The van der Waals surface area contributed by atoms with Crippen LogP contribution in [0.3, 0.4) is 0 Å². The van der Waals surface area contributed by atoms with Crippen LogP contribution >= 0.6 is 0 Å². The quantitative estimate of drug-likeness (QED) is 0.546. The summed E-state index contributed by atoms with van der Waals surface area (Å²) < 4.78 is 41.7. The Balaban J connectivity index is 1.27. The fraction of sp³-hybridized carbons (Fsp3) is 0.333. The lowest BCUT2D eigenvalue weighted by Gasteiger charge is -2.38. The number of pyridine rings is 1. The van der Waals surface area contributed by atoms with Gasteiger partial charge in [0.25, 0.3) is 5.91 Å². The van der Waals surface area contributed by atoms with Crippen molar-refractivity contribution in [1.29, 1.82) is 0 Å². The van der Waals surface area contributed by atoms with Gasteiger partial charge in [-0.05, 0) is 85.3 Å². The van der Waals surface area contributed by atoms with Gasteiger partial charge in [0.1, 0.15) is 5.82 Å². The molecule has 1 aromatic heterocycles. The van der Waals surface area contributed by atoms with E-state index in [9.17, 15) is 17.6 Å². The first-order valence-electron chi connectivity index (χ1n) is 12.1. The topological polar surface area (TPSA) is 82.6 Å². The van der Waals surface area contributed by atoms with Gasteiger partial charge in [-0.25, -0.2) is 17.5 Å². The predicted octanol–water partition coefficient (Wildman–Crippen LogP) is 3.93. The highest BCUT2D eigenvalue weighted by Gasteiger charge is 2.30. The second-order valence-corrected chi connectivity index (χ2v) is 11.1. The van der Waals surface area contributed by atoms with Crippen molar-refractivity contribution in [3.05, 3.63) is 89.5 Å². The SMILES string of the molecule is CN(C(=O)c1ccc2c(c1)[C@H](NS(=O)(=O)c1ccc(F)cc1)CC2)C1CCN(c2ccncc2)CC1. The minimum Gasteiger partial charge on any atom is -0.371 e. The molecule has 1 atom stereocenters. The Morgan fingerprint density at radius 1 is 1.03 bits per heavy atom. The zero-order valence-electron chi connectivity index (χ0n) is 20.1. The Morgan fingerprint density at radius 3 is 2.42 bits per heavy atom. The van der Waals surface area contributed by atoms with E-state index in [1.54, 1.807) is 12.4 Å². The van der Waals surface area contributed by atoms with E-state index >= 15 is 0 Å². The van der Waals surface area contributed by atoms with Crippen LogP contribution in [0.15, 0.2) is 71.9 Å². The molecular weight excluding hydrogens is 479 g/mol. The number of aryl methyl sites for hydroxylation is 1. The molecule has 5 rings (SSSR count). The molecule has 1 saturated heterocycles. The van der Waals surface area contributed by atoms with Gasteiger partial charge in [-0.15, -0.1) is 0 Å². The molecule has 9 heteroatoms. The molecule has 0 saturated carbocycles. The normalized spacial score (nSPS) is 18.2. The van der Waals surface area contributed by atoms with Crippen molar-refractivity contribution < 1.29 is 17.6 Å². The van der Waals surface area contributed by atoms with Crippen molar-refractivity contribution in [3.63, 3.8) is 0 Å². The van der Waals surface area contributed by atoms with Gasteiger partial charge in [0.15, 0.2) is 0 Å². The second kappa shape index (κ2) is 9.99. The third kappa shape index (κ3) is 4.99. The van der Waals surface area contributed by atoms with Crippen LogP contribution in [0.4, 0.5) is 10.1 Å². The number of carbonyl (C=O) groups is 1. The van der Waals surface area contributed by atoms with Crippen molar-refractivity contribution in [2.24, 2.45) is 0 Å². The van der Waals surface area contributed by atoms with Crippen molar-refractivity contribution >= 4 is 21.6 Å². The van der Waals surface area contributed by atoms with Crippen LogP contribution in [0.25, 0.3) is 0 Å². The smallest absolute Gasteiger partial charge is 0.253 e. The highest BCUT2D eigenvalue weighted by Crippen LogP contribution is 2.34. The molecule has 2 heterocycles. The van der Waals surface area contributed by atoms with E-state index in [0.29, 0.717) is 12.0 Å². The van der Waals surface area contributed by atoms with Crippen molar-refractivity contribution in [2.45, 2.75) is 42.7 Å². The molecule has 3 aromatic rings.